The number of nitrogens with one attached hydrogen (secondary N) is 2. The minimum atomic E-state index is -0.189. The van der Waals surface area contributed by atoms with E-state index in [2.05, 4.69) is 36.4 Å². The Bertz CT molecular complexity index is 459. The molecular formula is C8H7BrN4OS. The van der Waals surface area contributed by atoms with Crippen molar-refractivity contribution >= 4 is 39.1 Å². The lowest BCUT2D eigenvalue weighted by molar-refractivity contribution is 0.102. The Labute approximate surface area is 98.1 Å². The lowest BCUT2D eigenvalue weighted by Gasteiger charge is -1.96. The number of aromatic nitrogens is 3. The summed E-state index contributed by atoms with van der Waals surface area (Å²) < 4.78 is 0.963. The molecule has 1 amide bonds. The Kier molecular flexibility index (Phi) is 2.83. The Balaban J connectivity index is 2.15. The standard InChI is InChI=1S/C8H7BrN4OS/c1-4-2-5(15-6(4)9)7(14)12-8-10-3-11-13-8/h2-3H,1H3,(H2,10,11,12,13,14). The second kappa shape index (κ2) is 4.11. The van der Waals surface area contributed by atoms with E-state index in [9.17, 15) is 4.79 Å². The molecule has 0 fully saturated rings. The summed E-state index contributed by atoms with van der Waals surface area (Å²) in [6, 6.07) is 1.82. The van der Waals surface area contributed by atoms with Gasteiger partial charge in [-0.3, -0.25) is 10.1 Å². The third kappa shape index (κ3) is 2.24. The molecule has 2 aromatic heterocycles. The number of amides is 1. The number of hydrogen-bond donors (Lipinski definition) is 2. The van der Waals surface area contributed by atoms with Gasteiger partial charge in [0.05, 0.1) is 8.66 Å². The number of carbonyl (C=O) groups excluding carboxylic acids is 1. The van der Waals surface area contributed by atoms with Gasteiger partial charge in [0, 0.05) is 0 Å². The molecule has 2 heterocycles. The average molecular weight is 287 g/mol. The van der Waals surface area contributed by atoms with Crippen molar-refractivity contribution in [1.82, 2.24) is 15.2 Å². The fourth-order valence-corrected chi connectivity index (χ4v) is 2.44. The molecule has 2 N–H and O–H groups in total. The first-order chi connectivity index (χ1) is 7.16. The maximum Gasteiger partial charge on any atom is 0.268 e. The number of thiophene rings is 1. The average Bonchev–Trinajstić information content (AvgIpc) is 2.78. The predicted octanol–water partition coefficient (Wildman–Crippen LogP) is 2.19. The maximum absolute atomic E-state index is 11.7. The number of halogens is 1. The SMILES string of the molecule is Cc1cc(C(=O)Nc2ncn[nH]2)sc1Br. The van der Waals surface area contributed by atoms with Crippen LogP contribution in [0.15, 0.2) is 16.2 Å². The Morgan fingerprint density at radius 1 is 1.67 bits per heavy atom. The van der Waals surface area contributed by atoms with E-state index in [0.717, 1.165) is 9.35 Å². The van der Waals surface area contributed by atoms with E-state index in [1.54, 1.807) is 0 Å². The van der Waals surface area contributed by atoms with Crippen LogP contribution in [-0.2, 0) is 0 Å². The fraction of sp³-hybridized carbons (Fsp3) is 0.125. The molecule has 0 spiro atoms. The van der Waals surface area contributed by atoms with E-state index in [1.165, 1.54) is 17.7 Å². The summed E-state index contributed by atoms with van der Waals surface area (Å²) in [5.74, 6) is 0.160. The minimum Gasteiger partial charge on any atom is -0.290 e. The van der Waals surface area contributed by atoms with Crippen molar-refractivity contribution in [2.24, 2.45) is 0 Å². The van der Waals surface area contributed by atoms with Gasteiger partial charge in [-0.2, -0.15) is 10.1 Å². The molecule has 0 aromatic carbocycles. The highest BCUT2D eigenvalue weighted by Crippen LogP contribution is 2.27. The van der Waals surface area contributed by atoms with Crippen molar-refractivity contribution in [2.75, 3.05) is 5.32 Å². The summed E-state index contributed by atoms with van der Waals surface area (Å²) in [4.78, 5) is 16.1. The van der Waals surface area contributed by atoms with Crippen molar-refractivity contribution in [3.8, 4) is 0 Å². The molecule has 2 aromatic rings. The molecule has 0 aliphatic heterocycles. The first-order valence-corrected chi connectivity index (χ1v) is 5.70. The molecule has 78 valence electrons. The van der Waals surface area contributed by atoms with Gasteiger partial charge in [-0.1, -0.05) is 0 Å². The molecule has 0 unspecified atom stereocenters. The minimum absolute atomic E-state index is 0.189. The molecule has 0 saturated heterocycles. The lowest BCUT2D eigenvalue weighted by Crippen LogP contribution is -2.11. The summed E-state index contributed by atoms with van der Waals surface area (Å²) in [7, 11) is 0. The monoisotopic (exact) mass is 286 g/mol. The van der Waals surface area contributed by atoms with Gasteiger partial charge in [0.2, 0.25) is 5.95 Å². The van der Waals surface area contributed by atoms with Crippen molar-refractivity contribution < 1.29 is 4.79 Å². The molecule has 0 aliphatic rings. The number of aromatic amines is 1. The number of aryl methyl sites for hydroxylation is 1. The van der Waals surface area contributed by atoms with Crippen LogP contribution in [0.3, 0.4) is 0 Å². The van der Waals surface area contributed by atoms with Crippen molar-refractivity contribution in [3.63, 3.8) is 0 Å². The zero-order valence-corrected chi connectivity index (χ0v) is 10.1. The number of carbonyl (C=O) groups is 1. The highest BCUT2D eigenvalue weighted by Gasteiger charge is 2.12. The van der Waals surface area contributed by atoms with Gasteiger partial charge in [0.25, 0.3) is 5.91 Å². The number of hydrogen-bond acceptors (Lipinski definition) is 4. The van der Waals surface area contributed by atoms with E-state index >= 15 is 0 Å². The van der Waals surface area contributed by atoms with Crippen LogP contribution in [0, 0.1) is 6.92 Å². The third-order valence-electron chi connectivity index (χ3n) is 1.73. The van der Waals surface area contributed by atoms with E-state index in [1.807, 2.05) is 13.0 Å². The Hall–Kier alpha value is -1.21. The van der Waals surface area contributed by atoms with E-state index in [4.69, 9.17) is 0 Å². The van der Waals surface area contributed by atoms with Gasteiger partial charge in [0.1, 0.15) is 6.33 Å². The van der Waals surface area contributed by atoms with Crippen molar-refractivity contribution in [2.45, 2.75) is 6.92 Å². The van der Waals surface area contributed by atoms with Crippen LogP contribution in [0.25, 0.3) is 0 Å². The number of anilines is 1. The fourth-order valence-electron chi connectivity index (χ4n) is 1.01. The van der Waals surface area contributed by atoms with Crippen LogP contribution >= 0.6 is 27.3 Å². The Morgan fingerprint density at radius 2 is 2.47 bits per heavy atom. The number of H-pyrrole nitrogens is 1. The lowest BCUT2D eigenvalue weighted by atomic mass is 10.3. The molecule has 7 heteroatoms. The molecule has 0 atom stereocenters. The third-order valence-corrected chi connectivity index (χ3v) is 3.86. The first-order valence-electron chi connectivity index (χ1n) is 4.09. The van der Waals surface area contributed by atoms with Gasteiger partial charge < -0.3 is 0 Å². The molecule has 0 saturated carbocycles. The highest BCUT2D eigenvalue weighted by atomic mass is 79.9. The van der Waals surface area contributed by atoms with Gasteiger partial charge in [0.15, 0.2) is 0 Å². The zero-order valence-electron chi connectivity index (χ0n) is 7.74. The van der Waals surface area contributed by atoms with Crippen molar-refractivity contribution in [1.29, 1.82) is 0 Å². The topological polar surface area (TPSA) is 70.7 Å². The largest absolute Gasteiger partial charge is 0.290 e. The van der Waals surface area contributed by atoms with Crippen LogP contribution in [0.4, 0.5) is 5.95 Å². The molecule has 0 radical (unpaired) electrons. The molecule has 15 heavy (non-hydrogen) atoms. The van der Waals surface area contributed by atoms with Gasteiger partial charge in [-0.05, 0) is 34.5 Å². The van der Waals surface area contributed by atoms with Gasteiger partial charge in [-0.15, -0.1) is 11.3 Å². The molecule has 0 aliphatic carbocycles. The van der Waals surface area contributed by atoms with E-state index in [0.29, 0.717) is 10.8 Å². The van der Waals surface area contributed by atoms with Crippen LogP contribution in [-0.4, -0.2) is 21.1 Å². The van der Waals surface area contributed by atoms with Crippen LogP contribution in [0.1, 0.15) is 15.2 Å². The molecular weight excluding hydrogens is 280 g/mol. The normalized spacial score (nSPS) is 10.3. The highest BCUT2D eigenvalue weighted by molar-refractivity contribution is 9.11. The zero-order chi connectivity index (χ0) is 10.8. The Morgan fingerprint density at radius 3 is 3.00 bits per heavy atom. The number of nitrogens with zero attached hydrogens (tertiary/aromatic N) is 2. The molecule has 5 nitrogen and oxygen atoms in total. The quantitative estimate of drug-likeness (QED) is 0.889. The molecule has 2 rings (SSSR count). The summed E-state index contributed by atoms with van der Waals surface area (Å²) in [6.07, 6.45) is 1.34. The second-order valence-electron chi connectivity index (χ2n) is 2.86. The second-order valence-corrected chi connectivity index (χ2v) is 5.23. The number of rotatable bonds is 2. The summed E-state index contributed by atoms with van der Waals surface area (Å²) in [6.45, 7) is 1.94. The summed E-state index contributed by atoms with van der Waals surface area (Å²) in [5.41, 5.74) is 1.04. The van der Waals surface area contributed by atoms with Crippen LogP contribution in [0.5, 0.6) is 0 Å². The van der Waals surface area contributed by atoms with E-state index < -0.39 is 0 Å². The first kappa shape index (κ1) is 10.3. The molecule has 0 bridgehead atoms. The van der Waals surface area contributed by atoms with Gasteiger partial charge in [-0.25, -0.2) is 5.10 Å². The van der Waals surface area contributed by atoms with Crippen LogP contribution in [0.2, 0.25) is 0 Å². The van der Waals surface area contributed by atoms with Crippen LogP contribution < -0.4 is 5.32 Å². The summed E-state index contributed by atoms with van der Waals surface area (Å²) in [5, 5.41) is 8.79. The predicted molar refractivity (Wildman–Crippen MR) is 61.1 cm³/mol. The maximum atomic E-state index is 11.7. The smallest absolute Gasteiger partial charge is 0.268 e. The van der Waals surface area contributed by atoms with Crippen molar-refractivity contribution in [3.05, 3.63) is 26.6 Å². The van der Waals surface area contributed by atoms with Gasteiger partial charge >= 0.3 is 0 Å². The van der Waals surface area contributed by atoms with E-state index in [-0.39, 0.29) is 5.91 Å². The summed E-state index contributed by atoms with van der Waals surface area (Å²) >= 11 is 4.75.